The van der Waals surface area contributed by atoms with Gasteiger partial charge in [0.2, 0.25) is 0 Å². The van der Waals surface area contributed by atoms with Crippen LogP contribution in [0, 0.1) is 5.92 Å². The van der Waals surface area contributed by atoms with Gasteiger partial charge in [-0.05, 0) is 61.1 Å². The number of carbonyl (C=O) groups is 1. The van der Waals surface area contributed by atoms with E-state index in [1.165, 1.54) is 17.8 Å². The number of nitrogens with two attached hydrogens (primary N) is 1. The number of nitrogen functional groups attached to an aromatic ring is 1. The average molecular weight is 357 g/mol. The fourth-order valence-electron chi connectivity index (χ4n) is 2.99. The Bertz CT molecular complexity index is 780. The lowest BCUT2D eigenvalue weighted by Gasteiger charge is -2.19. The monoisotopic (exact) mass is 357 g/mol. The van der Waals surface area contributed by atoms with E-state index in [2.05, 4.69) is 17.5 Å². The molecule has 0 aliphatic heterocycles. The molecule has 1 saturated carbocycles. The molecule has 3 N–H and O–H groups in total. The molecular formula is C19H23N3O2S. The van der Waals surface area contributed by atoms with Crippen LogP contribution in [0.4, 0.5) is 5.69 Å². The highest BCUT2D eigenvalue weighted by atomic mass is 32.1. The van der Waals surface area contributed by atoms with Gasteiger partial charge in [-0.25, -0.2) is 5.43 Å². The van der Waals surface area contributed by atoms with E-state index in [0.717, 1.165) is 41.2 Å². The molecule has 1 aliphatic carbocycles. The Morgan fingerprint density at radius 2 is 2.08 bits per heavy atom. The Morgan fingerprint density at radius 1 is 1.32 bits per heavy atom. The number of nitrogens with zero attached hydrogens (tertiary/aromatic N) is 1. The van der Waals surface area contributed by atoms with E-state index in [-0.39, 0.29) is 5.91 Å². The highest BCUT2D eigenvalue weighted by molar-refractivity contribution is 7.18. The summed E-state index contributed by atoms with van der Waals surface area (Å²) in [6.45, 7) is 2.16. The molecule has 5 nitrogen and oxygen atoms in total. The first-order valence-electron chi connectivity index (χ1n) is 8.49. The number of amides is 1. The van der Waals surface area contributed by atoms with Crippen LogP contribution in [0.25, 0.3) is 10.4 Å². The third-order valence-electron chi connectivity index (χ3n) is 4.53. The van der Waals surface area contributed by atoms with Gasteiger partial charge in [-0.1, -0.05) is 13.3 Å². The van der Waals surface area contributed by atoms with E-state index >= 15 is 0 Å². The number of rotatable bonds is 4. The molecule has 25 heavy (non-hydrogen) atoms. The third-order valence-corrected chi connectivity index (χ3v) is 5.73. The number of anilines is 1. The van der Waals surface area contributed by atoms with Crippen LogP contribution in [-0.4, -0.2) is 18.7 Å². The summed E-state index contributed by atoms with van der Waals surface area (Å²) in [6, 6.07) is 9.52. The fourth-order valence-corrected chi connectivity index (χ4v) is 3.96. The van der Waals surface area contributed by atoms with E-state index in [0.29, 0.717) is 16.5 Å². The number of hydrazone groups is 1. The van der Waals surface area contributed by atoms with Gasteiger partial charge in [0.15, 0.2) is 0 Å². The van der Waals surface area contributed by atoms with Crippen molar-refractivity contribution in [2.75, 3.05) is 12.8 Å². The van der Waals surface area contributed by atoms with E-state index < -0.39 is 0 Å². The van der Waals surface area contributed by atoms with Crippen LogP contribution in [0.5, 0.6) is 5.75 Å². The van der Waals surface area contributed by atoms with Crippen LogP contribution >= 0.6 is 11.3 Å². The maximum absolute atomic E-state index is 12.5. The van der Waals surface area contributed by atoms with Crippen molar-refractivity contribution in [1.82, 2.24) is 5.43 Å². The summed E-state index contributed by atoms with van der Waals surface area (Å²) >= 11 is 1.37. The molecule has 1 aromatic heterocycles. The highest BCUT2D eigenvalue weighted by Gasteiger charge is 2.18. The number of hydrogen-bond donors (Lipinski definition) is 2. The summed E-state index contributed by atoms with van der Waals surface area (Å²) in [5, 5.41) is 4.34. The molecule has 1 aliphatic rings. The molecule has 0 unspecified atom stereocenters. The zero-order valence-electron chi connectivity index (χ0n) is 14.5. The summed E-state index contributed by atoms with van der Waals surface area (Å²) in [5.74, 6) is 0.987. The van der Waals surface area contributed by atoms with Gasteiger partial charge in [-0.2, -0.15) is 5.10 Å². The number of hydrogen-bond acceptors (Lipinski definition) is 5. The van der Waals surface area contributed by atoms with Crippen molar-refractivity contribution in [2.45, 2.75) is 32.6 Å². The summed E-state index contributed by atoms with van der Waals surface area (Å²) in [5.41, 5.74) is 11.3. The summed E-state index contributed by atoms with van der Waals surface area (Å²) < 4.78 is 5.17. The van der Waals surface area contributed by atoms with Crippen LogP contribution in [-0.2, 0) is 0 Å². The Morgan fingerprint density at radius 3 is 2.76 bits per heavy atom. The zero-order valence-corrected chi connectivity index (χ0v) is 15.4. The molecule has 0 spiro atoms. The molecule has 1 amide bonds. The van der Waals surface area contributed by atoms with Crippen LogP contribution in [0.3, 0.4) is 0 Å². The molecule has 2 aromatic rings. The molecule has 1 heterocycles. The standard InChI is InChI=1S/C19H23N3O2S/c1-12-5-3-4-6-16(12)21-22-19(23)18-15(20)11-17(25-18)13-7-9-14(24-2)10-8-13/h7-12H,3-6,20H2,1-2H3,(H,22,23)/b21-16-/t12-/m1/s1. The Balaban J connectivity index is 1.75. The minimum Gasteiger partial charge on any atom is -0.497 e. The molecule has 6 heteroatoms. The fraction of sp³-hybridized carbons (Fsp3) is 0.368. The number of thiophene rings is 1. The van der Waals surface area contributed by atoms with Crippen LogP contribution in [0.2, 0.25) is 0 Å². The lowest BCUT2D eigenvalue weighted by Crippen LogP contribution is -2.24. The summed E-state index contributed by atoms with van der Waals surface area (Å²) in [4.78, 5) is 13.9. The largest absolute Gasteiger partial charge is 0.497 e. The number of nitrogens with one attached hydrogen (secondary N) is 1. The van der Waals surface area contributed by atoms with Crippen LogP contribution in [0.1, 0.15) is 42.3 Å². The van der Waals surface area contributed by atoms with Gasteiger partial charge in [-0.15, -0.1) is 11.3 Å². The predicted octanol–water partition coefficient (Wildman–Crippen LogP) is 4.30. The predicted molar refractivity (Wildman–Crippen MR) is 103 cm³/mol. The second-order valence-corrected chi connectivity index (χ2v) is 7.37. The summed E-state index contributed by atoms with van der Waals surface area (Å²) in [7, 11) is 1.63. The number of ether oxygens (including phenoxy) is 1. The quantitative estimate of drug-likeness (QED) is 0.801. The lowest BCUT2D eigenvalue weighted by atomic mass is 9.89. The molecule has 1 fully saturated rings. The van der Waals surface area contributed by atoms with Crippen molar-refractivity contribution < 1.29 is 9.53 Å². The van der Waals surface area contributed by atoms with Crippen molar-refractivity contribution in [3.63, 3.8) is 0 Å². The minimum absolute atomic E-state index is 0.243. The van der Waals surface area contributed by atoms with E-state index in [4.69, 9.17) is 10.5 Å². The third kappa shape index (κ3) is 4.02. The lowest BCUT2D eigenvalue weighted by molar-refractivity contribution is 0.0959. The van der Waals surface area contributed by atoms with Crippen molar-refractivity contribution in [2.24, 2.45) is 11.0 Å². The maximum atomic E-state index is 12.5. The Labute approximate surface area is 151 Å². The van der Waals surface area contributed by atoms with Crippen LogP contribution in [0.15, 0.2) is 35.4 Å². The first kappa shape index (κ1) is 17.5. The number of methoxy groups -OCH3 is 1. The molecule has 1 aromatic carbocycles. The molecule has 0 saturated heterocycles. The minimum atomic E-state index is -0.243. The van der Waals surface area contributed by atoms with Gasteiger partial charge in [0.1, 0.15) is 10.6 Å². The van der Waals surface area contributed by atoms with Gasteiger partial charge >= 0.3 is 0 Å². The number of benzene rings is 1. The topological polar surface area (TPSA) is 76.7 Å². The van der Waals surface area contributed by atoms with E-state index in [1.54, 1.807) is 7.11 Å². The van der Waals surface area contributed by atoms with Gasteiger partial charge in [0.25, 0.3) is 5.91 Å². The Hall–Kier alpha value is -2.34. The Kier molecular flexibility index (Phi) is 5.38. The second kappa shape index (κ2) is 7.70. The molecule has 0 radical (unpaired) electrons. The molecule has 132 valence electrons. The molecule has 1 atom stereocenters. The van der Waals surface area contributed by atoms with Gasteiger partial charge in [-0.3, -0.25) is 4.79 Å². The average Bonchev–Trinajstić information content (AvgIpc) is 3.03. The van der Waals surface area contributed by atoms with Crippen molar-refractivity contribution in [3.05, 3.63) is 35.2 Å². The van der Waals surface area contributed by atoms with E-state index in [1.807, 2.05) is 30.3 Å². The highest BCUT2D eigenvalue weighted by Crippen LogP contribution is 2.34. The first-order chi connectivity index (χ1) is 12.1. The number of carbonyl (C=O) groups excluding carboxylic acids is 1. The molecule has 3 rings (SSSR count). The SMILES string of the molecule is COc1ccc(-c2cc(N)c(C(=O)N/N=C3/CCCC[C@H]3C)s2)cc1. The van der Waals surface area contributed by atoms with Gasteiger partial charge in [0, 0.05) is 10.6 Å². The normalized spacial score (nSPS) is 19.0. The van der Waals surface area contributed by atoms with Crippen molar-refractivity contribution in [1.29, 1.82) is 0 Å². The first-order valence-corrected chi connectivity index (χ1v) is 9.30. The molecular weight excluding hydrogens is 334 g/mol. The smallest absolute Gasteiger partial charge is 0.283 e. The van der Waals surface area contributed by atoms with Crippen LogP contribution < -0.4 is 15.9 Å². The maximum Gasteiger partial charge on any atom is 0.283 e. The van der Waals surface area contributed by atoms with Crippen molar-refractivity contribution >= 4 is 28.6 Å². The molecule has 0 bridgehead atoms. The summed E-state index contributed by atoms with van der Waals surface area (Å²) in [6.07, 6.45) is 4.47. The van der Waals surface area contributed by atoms with E-state index in [9.17, 15) is 4.79 Å². The van der Waals surface area contributed by atoms with Gasteiger partial charge in [0.05, 0.1) is 12.8 Å². The second-order valence-electron chi connectivity index (χ2n) is 6.31. The van der Waals surface area contributed by atoms with Crippen molar-refractivity contribution in [3.8, 4) is 16.2 Å². The zero-order chi connectivity index (χ0) is 17.8. The van der Waals surface area contributed by atoms with Gasteiger partial charge < -0.3 is 10.5 Å².